The molecular formula is C16H12N2O3S. The number of furan rings is 1. The zero-order chi connectivity index (χ0) is 15.5. The highest BCUT2D eigenvalue weighted by molar-refractivity contribution is 7.14. The number of nitrogens with one attached hydrogen (secondary N) is 1. The van der Waals surface area contributed by atoms with Crippen LogP contribution in [0.15, 0.2) is 46.2 Å². The molecule has 6 heteroatoms. The van der Waals surface area contributed by atoms with Crippen molar-refractivity contribution < 1.29 is 14.0 Å². The van der Waals surface area contributed by atoms with E-state index >= 15 is 0 Å². The van der Waals surface area contributed by atoms with E-state index in [1.165, 1.54) is 24.3 Å². The van der Waals surface area contributed by atoms with Crippen molar-refractivity contribution in [2.45, 2.75) is 6.92 Å². The largest absolute Gasteiger partial charge is 0.457 e. The highest BCUT2D eigenvalue weighted by Gasteiger charge is 2.07. The van der Waals surface area contributed by atoms with Crippen LogP contribution in [0.4, 0.5) is 5.13 Å². The second-order valence-electron chi connectivity index (χ2n) is 4.60. The predicted octanol–water partition coefficient (Wildman–Crippen LogP) is 3.74. The molecule has 3 rings (SSSR count). The first-order chi connectivity index (χ1) is 10.6. The number of rotatable bonds is 4. The monoisotopic (exact) mass is 312 g/mol. The molecule has 2 heterocycles. The number of benzene rings is 1. The van der Waals surface area contributed by atoms with Crippen molar-refractivity contribution in [3.05, 3.63) is 53.2 Å². The predicted molar refractivity (Wildman–Crippen MR) is 86.0 cm³/mol. The van der Waals surface area contributed by atoms with Crippen molar-refractivity contribution in [2.75, 3.05) is 5.32 Å². The summed E-state index contributed by atoms with van der Waals surface area (Å²) in [6.45, 7) is 1.43. The molecule has 0 unspecified atom stereocenters. The first kappa shape index (κ1) is 14.2. The van der Waals surface area contributed by atoms with E-state index in [0.29, 0.717) is 16.6 Å². The van der Waals surface area contributed by atoms with Crippen LogP contribution < -0.4 is 5.32 Å². The van der Waals surface area contributed by atoms with E-state index < -0.39 is 0 Å². The van der Waals surface area contributed by atoms with E-state index in [2.05, 4.69) is 10.3 Å². The van der Waals surface area contributed by atoms with Gasteiger partial charge in [-0.3, -0.25) is 14.9 Å². The van der Waals surface area contributed by atoms with Gasteiger partial charge in [0.2, 0.25) is 5.91 Å². The van der Waals surface area contributed by atoms with E-state index in [-0.39, 0.29) is 11.7 Å². The lowest BCUT2D eigenvalue weighted by Crippen LogP contribution is -2.07. The Kier molecular flexibility index (Phi) is 3.84. The lowest BCUT2D eigenvalue weighted by Gasteiger charge is -1.94. The molecule has 5 nitrogen and oxygen atoms in total. The summed E-state index contributed by atoms with van der Waals surface area (Å²) in [4.78, 5) is 27.0. The molecule has 0 spiro atoms. The van der Waals surface area contributed by atoms with Crippen molar-refractivity contribution in [1.29, 1.82) is 0 Å². The summed E-state index contributed by atoms with van der Waals surface area (Å²) in [5.41, 5.74) is 1.12. The van der Waals surface area contributed by atoms with Crippen molar-refractivity contribution >= 4 is 45.2 Å². The van der Waals surface area contributed by atoms with Gasteiger partial charge < -0.3 is 4.42 Å². The topological polar surface area (TPSA) is 72.2 Å². The average Bonchev–Trinajstić information content (AvgIpc) is 3.11. The number of fused-ring (bicyclic) bond motifs is 1. The number of amides is 1. The third kappa shape index (κ3) is 3.12. The molecule has 22 heavy (non-hydrogen) atoms. The zero-order valence-electron chi connectivity index (χ0n) is 11.7. The summed E-state index contributed by atoms with van der Waals surface area (Å²) < 4.78 is 5.58. The van der Waals surface area contributed by atoms with Crippen LogP contribution in [0.1, 0.15) is 23.2 Å². The number of carbonyl (C=O) groups excluding carboxylic acids is 2. The Morgan fingerprint density at radius 2 is 2.14 bits per heavy atom. The van der Waals surface area contributed by atoms with Crippen molar-refractivity contribution in [1.82, 2.24) is 4.98 Å². The van der Waals surface area contributed by atoms with E-state index in [0.717, 1.165) is 11.0 Å². The smallest absolute Gasteiger partial charge is 0.250 e. The Balaban J connectivity index is 1.68. The molecule has 1 aromatic carbocycles. The first-order valence-electron chi connectivity index (χ1n) is 6.56. The summed E-state index contributed by atoms with van der Waals surface area (Å²) in [5.74, 6) is 0.138. The number of anilines is 1. The molecule has 0 saturated carbocycles. The number of ketones is 1. The van der Waals surface area contributed by atoms with Gasteiger partial charge in [-0.2, -0.15) is 0 Å². The fourth-order valence-electron chi connectivity index (χ4n) is 1.88. The molecule has 0 fully saturated rings. The minimum Gasteiger partial charge on any atom is -0.457 e. The van der Waals surface area contributed by atoms with Gasteiger partial charge in [-0.05, 0) is 18.2 Å². The lowest BCUT2D eigenvalue weighted by molar-refractivity contribution is -0.111. The highest BCUT2D eigenvalue weighted by Crippen LogP contribution is 2.20. The summed E-state index contributed by atoms with van der Waals surface area (Å²) in [6, 6.07) is 9.48. The number of carbonyl (C=O) groups is 2. The number of nitrogens with zero attached hydrogens (tertiary/aromatic N) is 1. The van der Waals surface area contributed by atoms with Crippen LogP contribution in [0.5, 0.6) is 0 Å². The van der Waals surface area contributed by atoms with Crippen LogP contribution in [0.25, 0.3) is 17.0 Å². The maximum Gasteiger partial charge on any atom is 0.250 e. The molecule has 0 saturated heterocycles. The molecule has 110 valence electrons. The van der Waals surface area contributed by atoms with Gasteiger partial charge in [0, 0.05) is 23.8 Å². The van der Waals surface area contributed by atoms with Gasteiger partial charge in [0.1, 0.15) is 17.0 Å². The standard InChI is InChI=1S/C16H12N2O3S/c1-10(19)13-9-22-16(17-13)18-15(20)7-6-12-8-11-4-2-3-5-14(11)21-12/h2-9H,1H3,(H,17,18,20)/b7-6+. The molecule has 0 bridgehead atoms. The van der Waals surface area contributed by atoms with E-state index in [9.17, 15) is 9.59 Å². The van der Waals surface area contributed by atoms with Crippen molar-refractivity contribution in [3.63, 3.8) is 0 Å². The number of thiazole rings is 1. The molecule has 1 N–H and O–H groups in total. The second kappa shape index (κ2) is 5.95. The Morgan fingerprint density at radius 3 is 2.86 bits per heavy atom. The quantitative estimate of drug-likeness (QED) is 0.588. The third-order valence-corrected chi connectivity index (χ3v) is 3.70. The van der Waals surface area contributed by atoms with Crippen LogP contribution in [0.3, 0.4) is 0 Å². The molecule has 0 aliphatic heterocycles. The normalized spacial score (nSPS) is 11.1. The minimum absolute atomic E-state index is 0.130. The molecule has 0 aliphatic carbocycles. The van der Waals surface area contributed by atoms with Crippen LogP contribution in [0.2, 0.25) is 0 Å². The number of hydrogen-bond donors (Lipinski definition) is 1. The van der Waals surface area contributed by atoms with Crippen molar-refractivity contribution in [3.8, 4) is 0 Å². The summed E-state index contributed by atoms with van der Waals surface area (Å²) in [5, 5.41) is 5.59. The van der Waals surface area contributed by atoms with E-state index in [1.54, 1.807) is 11.5 Å². The van der Waals surface area contributed by atoms with Gasteiger partial charge in [0.15, 0.2) is 10.9 Å². The fourth-order valence-corrected chi connectivity index (χ4v) is 2.63. The summed E-state index contributed by atoms with van der Waals surface area (Å²) in [7, 11) is 0. The van der Waals surface area contributed by atoms with E-state index in [1.807, 2.05) is 30.3 Å². The number of para-hydroxylation sites is 1. The van der Waals surface area contributed by atoms with Crippen LogP contribution >= 0.6 is 11.3 Å². The molecular weight excluding hydrogens is 300 g/mol. The van der Waals surface area contributed by atoms with Crippen LogP contribution in [0, 0.1) is 0 Å². The lowest BCUT2D eigenvalue weighted by atomic mass is 10.2. The molecule has 2 aromatic heterocycles. The van der Waals surface area contributed by atoms with Gasteiger partial charge in [-0.15, -0.1) is 11.3 Å². The number of aromatic nitrogens is 1. The number of hydrogen-bond acceptors (Lipinski definition) is 5. The van der Waals surface area contributed by atoms with Crippen LogP contribution in [-0.2, 0) is 4.79 Å². The summed E-state index contributed by atoms with van der Waals surface area (Å²) >= 11 is 1.21. The van der Waals surface area contributed by atoms with E-state index in [4.69, 9.17) is 4.42 Å². The SMILES string of the molecule is CC(=O)c1csc(NC(=O)/C=C/c2cc3ccccc3o2)n1. The van der Waals surface area contributed by atoms with Gasteiger partial charge in [-0.1, -0.05) is 18.2 Å². The maximum absolute atomic E-state index is 11.8. The Bertz CT molecular complexity index is 843. The first-order valence-corrected chi connectivity index (χ1v) is 7.44. The number of Topliss-reactive ketones (excluding diaryl/α,β-unsaturated/α-hetero) is 1. The Morgan fingerprint density at radius 1 is 1.32 bits per heavy atom. The molecule has 0 aliphatic rings. The minimum atomic E-state index is -0.329. The zero-order valence-corrected chi connectivity index (χ0v) is 12.5. The van der Waals surface area contributed by atoms with Crippen LogP contribution in [-0.4, -0.2) is 16.7 Å². The van der Waals surface area contributed by atoms with Gasteiger partial charge in [-0.25, -0.2) is 4.98 Å². The molecule has 3 aromatic rings. The third-order valence-electron chi connectivity index (χ3n) is 2.94. The summed E-state index contributed by atoms with van der Waals surface area (Å²) in [6.07, 6.45) is 2.96. The maximum atomic E-state index is 11.8. The molecule has 0 atom stereocenters. The molecule has 0 radical (unpaired) electrons. The van der Waals surface area contributed by atoms with Crippen molar-refractivity contribution in [2.24, 2.45) is 0 Å². The van der Waals surface area contributed by atoms with Gasteiger partial charge in [0.05, 0.1) is 0 Å². The Hall–Kier alpha value is -2.73. The molecule has 1 amide bonds. The Labute approximate surface area is 130 Å². The fraction of sp³-hybridized carbons (Fsp3) is 0.0625. The highest BCUT2D eigenvalue weighted by atomic mass is 32.1. The van der Waals surface area contributed by atoms with Gasteiger partial charge >= 0.3 is 0 Å². The average molecular weight is 312 g/mol. The second-order valence-corrected chi connectivity index (χ2v) is 5.46. The van der Waals surface area contributed by atoms with Gasteiger partial charge in [0.25, 0.3) is 0 Å².